The fourth-order valence-electron chi connectivity index (χ4n) is 0.948. The summed E-state index contributed by atoms with van der Waals surface area (Å²) in [4.78, 5) is 0. The molecular formula is C9H9Cl2FO. The van der Waals surface area contributed by atoms with Crippen molar-refractivity contribution in [3.63, 3.8) is 0 Å². The molecule has 0 aliphatic rings. The third-order valence-corrected chi connectivity index (χ3v) is 2.76. The zero-order valence-electron chi connectivity index (χ0n) is 6.75. The highest BCUT2D eigenvalue weighted by Gasteiger charge is 2.17. The Labute approximate surface area is 86.1 Å². The molecule has 1 aromatic rings. The summed E-state index contributed by atoms with van der Waals surface area (Å²) in [5.41, 5.74) is 0.706. The van der Waals surface area contributed by atoms with Crippen molar-refractivity contribution >= 4 is 23.2 Å². The third kappa shape index (κ3) is 2.83. The fourth-order valence-corrected chi connectivity index (χ4v) is 1.32. The molecule has 0 unspecified atom stereocenters. The molecule has 0 aromatic heterocycles. The van der Waals surface area contributed by atoms with Gasteiger partial charge in [0.05, 0.1) is 17.4 Å². The SMILES string of the molecule is OC[C@H](Cl)[C@H](Cl)c1ccc(F)cc1. The van der Waals surface area contributed by atoms with Crippen LogP contribution in [0.25, 0.3) is 0 Å². The first-order valence-corrected chi connectivity index (χ1v) is 4.67. The molecule has 72 valence electrons. The van der Waals surface area contributed by atoms with Crippen LogP contribution < -0.4 is 0 Å². The average molecular weight is 223 g/mol. The van der Waals surface area contributed by atoms with Gasteiger partial charge in [-0.05, 0) is 17.7 Å². The van der Waals surface area contributed by atoms with E-state index >= 15 is 0 Å². The highest BCUT2D eigenvalue weighted by atomic mass is 35.5. The zero-order valence-corrected chi connectivity index (χ0v) is 8.26. The van der Waals surface area contributed by atoms with E-state index in [-0.39, 0.29) is 12.4 Å². The van der Waals surface area contributed by atoms with Crippen LogP contribution in [0.2, 0.25) is 0 Å². The van der Waals surface area contributed by atoms with E-state index in [1.807, 2.05) is 0 Å². The number of rotatable bonds is 3. The van der Waals surface area contributed by atoms with E-state index < -0.39 is 10.8 Å². The highest BCUT2D eigenvalue weighted by Crippen LogP contribution is 2.27. The van der Waals surface area contributed by atoms with Crippen molar-refractivity contribution in [3.05, 3.63) is 35.6 Å². The van der Waals surface area contributed by atoms with E-state index in [1.165, 1.54) is 12.1 Å². The Morgan fingerprint density at radius 2 is 1.77 bits per heavy atom. The van der Waals surface area contributed by atoms with Crippen LogP contribution in [0, 0.1) is 5.82 Å². The van der Waals surface area contributed by atoms with Crippen LogP contribution in [0.3, 0.4) is 0 Å². The molecule has 1 N–H and O–H groups in total. The second-order valence-corrected chi connectivity index (χ2v) is 3.68. The minimum atomic E-state index is -0.549. The standard InChI is InChI=1S/C9H9Cl2FO/c10-8(5-13)9(11)6-1-3-7(12)4-2-6/h1-4,8-9,13H,5H2/t8-,9+/m0/s1. The quantitative estimate of drug-likeness (QED) is 0.781. The smallest absolute Gasteiger partial charge is 0.123 e. The summed E-state index contributed by atoms with van der Waals surface area (Å²) in [5.74, 6) is -0.317. The van der Waals surface area contributed by atoms with Gasteiger partial charge in [-0.1, -0.05) is 12.1 Å². The first kappa shape index (κ1) is 10.8. The van der Waals surface area contributed by atoms with Crippen LogP contribution in [0.15, 0.2) is 24.3 Å². The molecule has 0 amide bonds. The van der Waals surface area contributed by atoms with Gasteiger partial charge in [0, 0.05) is 0 Å². The molecule has 0 heterocycles. The maximum Gasteiger partial charge on any atom is 0.123 e. The number of aliphatic hydroxyl groups is 1. The molecule has 0 spiro atoms. The molecule has 4 heteroatoms. The van der Waals surface area contributed by atoms with Crippen molar-refractivity contribution in [2.24, 2.45) is 0 Å². The maximum atomic E-state index is 12.5. The lowest BCUT2D eigenvalue weighted by Gasteiger charge is -2.13. The summed E-state index contributed by atoms with van der Waals surface area (Å²) in [5, 5.41) is 7.69. The van der Waals surface area contributed by atoms with Crippen molar-refractivity contribution in [2.75, 3.05) is 6.61 Å². The maximum absolute atomic E-state index is 12.5. The van der Waals surface area contributed by atoms with Gasteiger partial charge in [0.25, 0.3) is 0 Å². The molecule has 0 aliphatic heterocycles. The molecule has 1 rings (SSSR count). The molecule has 0 radical (unpaired) electrons. The minimum Gasteiger partial charge on any atom is -0.395 e. The first-order chi connectivity index (χ1) is 6.15. The predicted molar refractivity (Wildman–Crippen MR) is 51.7 cm³/mol. The third-order valence-electron chi connectivity index (χ3n) is 1.68. The highest BCUT2D eigenvalue weighted by molar-refractivity contribution is 6.30. The van der Waals surface area contributed by atoms with Crippen molar-refractivity contribution in [3.8, 4) is 0 Å². The second-order valence-electron chi connectivity index (χ2n) is 2.65. The monoisotopic (exact) mass is 222 g/mol. The minimum absolute atomic E-state index is 0.201. The van der Waals surface area contributed by atoms with E-state index in [9.17, 15) is 4.39 Å². The summed E-state index contributed by atoms with van der Waals surface area (Å²) in [6, 6.07) is 5.73. The Hall–Kier alpha value is -0.310. The molecule has 1 aromatic carbocycles. The lowest BCUT2D eigenvalue weighted by Crippen LogP contribution is -2.11. The molecule has 0 saturated heterocycles. The molecule has 0 aliphatic carbocycles. The Morgan fingerprint density at radius 1 is 1.23 bits per heavy atom. The summed E-state index contributed by atoms with van der Waals surface area (Å²) in [7, 11) is 0. The zero-order chi connectivity index (χ0) is 9.84. The van der Waals surface area contributed by atoms with E-state index in [1.54, 1.807) is 12.1 Å². The number of hydrogen-bond acceptors (Lipinski definition) is 1. The summed E-state index contributed by atoms with van der Waals surface area (Å²) >= 11 is 11.6. The van der Waals surface area contributed by atoms with E-state index in [2.05, 4.69) is 0 Å². The predicted octanol–water partition coefficient (Wildman–Crippen LogP) is 2.71. The number of halogens is 3. The lowest BCUT2D eigenvalue weighted by molar-refractivity contribution is 0.290. The van der Waals surface area contributed by atoms with Gasteiger partial charge in [0.2, 0.25) is 0 Å². The molecule has 0 bridgehead atoms. The number of aliphatic hydroxyl groups excluding tert-OH is 1. The van der Waals surface area contributed by atoms with Crippen LogP contribution in [-0.2, 0) is 0 Å². The molecule has 0 saturated carbocycles. The van der Waals surface area contributed by atoms with E-state index in [0.29, 0.717) is 5.56 Å². The van der Waals surface area contributed by atoms with Crippen LogP contribution in [0.4, 0.5) is 4.39 Å². The molecule has 2 atom stereocenters. The van der Waals surface area contributed by atoms with Crippen LogP contribution in [0.1, 0.15) is 10.9 Å². The molecular weight excluding hydrogens is 214 g/mol. The Balaban J connectivity index is 2.77. The number of hydrogen-bond donors (Lipinski definition) is 1. The topological polar surface area (TPSA) is 20.2 Å². The van der Waals surface area contributed by atoms with Gasteiger partial charge in [-0.25, -0.2) is 4.39 Å². The Morgan fingerprint density at radius 3 is 2.23 bits per heavy atom. The number of alkyl halides is 2. The summed E-state index contributed by atoms with van der Waals surface area (Å²) in [6.07, 6.45) is 0. The summed E-state index contributed by atoms with van der Waals surface area (Å²) < 4.78 is 12.5. The van der Waals surface area contributed by atoms with Crippen molar-refractivity contribution in [1.82, 2.24) is 0 Å². The molecule has 13 heavy (non-hydrogen) atoms. The van der Waals surface area contributed by atoms with Gasteiger partial charge < -0.3 is 5.11 Å². The van der Waals surface area contributed by atoms with Gasteiger partial charge in [-0.15, -0.1) is 23.2 Å². The van der Waals surface area contributed by atoms with E-state index in [4.69, 9.17) is 28.3 Å². The fraction of sp³-hybridized carbons (Fsp3) is 0.333. The van der Waals surface area contributed by atoms with Gasteiger partial charge in [0.15, 0.2) is 0 Å². The lowest BCUT2D eigenvalue weighted by atomic mass is 10.1. The van der Waals surface area contributed by atoms with Crippen LogP contribution in [-0.4, -0.2) is 17.1 Å². The number of benzene rings is 1. The van der Waals surface area contributed by atoms with E-state index in [0.717, 1.165) is 0 Å². The second kappa shape index (κ2) is 4.80. The Kier molecular flexibility index (Phi) is 3.97. The van der Waals surface area contributed by atoms with Gasteiger partial charge in [-0.2, -0.15) is 0 Å². The Bertz CT molecular complexity index is 263. The van der Waals surface area contributed by atoms with Crippen molar-refractivity contribution < 1.29 is 9.50 Å². The van der Waals surface area contributed by atoms with Crippen LogP contribution in [0.5, 0.6) is 0 Å². The van der Waals surface area contributed by atoms with Gasteiger partial charge in [0.1, 0.15) is 5.82 Å². The average Bonchev–Trinajstić information content (AvgIpc) is 2.17. The summed E-state index contributed by atoms with van der Waals surface area (Å²) in [6.45, 7) is -0.201. The normalized spacial score (nSPS) is 15.4. The first-order valence-electron chi connectivity index (χ1n) is 3.79. The van der Waals surface area contributed by atoms with Crippen molar-refractivity contribution in [1.29, 1.82) is 0 Å². The molecule has 1 nitrogen and oxygen atoms in total. The van der Waals surface area contributed by atoms with Gasteiger partial charge in [-0.3, -0.25) is 0 Å². The van der Waals surface area contributed by atoms with Gasteiger partial charge >= 0.3 is 0 Å². The van der Waals surface area contributed by atoms with Crippen molar-refractivity contribution in [2.45, 2.75) is 10.8 Å². The largest absolute Gasteiger partial charge is 0.395 e. The van der Waals surface area contributed by atoms with Crippen LogP contribution >= 0.6 is 23.2 Å². The molecule has 0 fully saturated rings.